The Bertz CT molecular complexity index is 608. The largest absolute Gasteiger partial charge is 0.382 e. The zero-order valence-corrected chi connectivity index (χ0v) is 11.3. The van der Waals surface area contributed by atoms with E-state index in [2.05, 4.69) is 20.5 Å². The van der Waals surface area contributed by atoms with Crippen LogP contribution in [0.2, 0.25) is 5.15 Å². The number of carbonyl (C=O) groups is 1. The Morgan fingerprint density at radius 3 is 2.79 bits per heavy atom. The number of nitrogens with two attached hydrogens (primary N) is 1. The second-order valence-electron chi connectivity index (χ2n) is 4.38. The number of pyridine rings is 1. The Labute approximate surface area is 115 Å². The van der Waals surface area contributed by atoms with Gasteiger partial charge in [-0.1, -0.05) is 11.6 Å². The van der Waals surface area contributed by atoms with Gasteiger partial charge in [-0.25, -0.2) is 4.98 Å². The Morgan fingerprint density at radius 1 is 1.47 bits per heavy atom. The molecule has 4 N–H and O–H groups in total. The lowest BCUT2D eigenvalue weighted by Crippen LogP contribution is -2.11. The van der Waals surface area contributed by atoms with Crippen molar-refractivity contribution < 1.29 is 4.79 Å². The number of hydrogen-bond donors (Lipinski definition) is 3. The van der Waals surface area contributed by atoms with Crippen molar-refractivity contribution in [3.63, 3.8) is 0 Å². The van der Waals surface area contributed by atoms with E-state index in [4.69, 9.17) is 17.3 Å². The fourth-order valence-electron chi connectivity index (χ4n) is 1.65. The van der Waals surface area contributed by atoms with Crippen molar-refractivity contribution in [1.29, 1.82) is 0 Å². The van der Waals surface area contributed by atoms with Crippen LogP contribution >= 0.6 is 11.6 Å². The number of primary amides is 1. The summed E-state index contributed by atoms with van der Waals surface area (Å²) in [5.74, 6) is -0.556. The van der Waals surface area contributed by atoms with Gasteiger partial charge in [-0.05, 0) is 26.0 Å². The third-order valence-electron chi connectivity index (χ3n) is 2.43. The minimum Gasteiger partial charge on any atom is -0.382 e. The van der Waals surface area contributed by atoms with Crippen LogP contribution in [0.3, 0.4) is 0 Å². The Kier molecular flexibility index (Phi) is 3.71. The molecule has 2 rings (SSSR count). The maximum absolute atomic E-state index is 11.1. The highest BCUT2D eigenvalue weighted by Crippen LogP contribution is 2.28. The third kappa shape index (κ3) is 3.03. The summed E-state index contributed by atoms with van der Waals surface area (Å²) in [4.78, 5) is 15.1. The summed E-state index contributed by atoms with van der Waals surface area (Å²) < 4.78 is 0. The normalized spacial score (nSPS) is 10.7. The van der Waals surface area contributed by atoms with Crippen molar-refractivity contribution in [3.8, 4) is 11.3 Å². The predicted octanol–water partition coefficient (Wildman–Crippen LogP) is 2.04. The summed E-state index contributed by atoms with van der Waals surface area (Å²) in [6, 6.07) is 3.53. The number of amides is 1. The molecule has 0 aliphatic carbocycles. The molecule has 0 fully saturated rings. The van der Waals surface area contributed by atoms with Crippen LogP contribution < -0.4 is 11.1 Å². The first-order chi connectivity index (χ1) is 8.97. The standard InChI is InChI=1S/C12H14ClN5O/c1-6(2)16-8-4-11(13)15-5-7(8)9-3-10(12(14)19)18-17-9/h3-6H,1-2H3,(H2,14,19)(H,15,16)(H,17,18). The number of halogens is 1. The number of aromatic nitrogens is 3. The van der Waals surface area contributed by atoms with Gasteiger partial charge in [0.15, 0.2) is 0 Å². The van der Waals surface area contributed by atoms with Gasteiger partial charge in [-0.3, -0.25) is 9.89 Å². The summed E-state index contributed by atoms with van der Waals surface area (Å²) in [7, 11) is 0. The molecule has 2 aromatic rings. The lowest BCUT2D eigenvalue weighted by Gasteiger charge is -2.13. The van der Waals surface area contributed by atoms with E-state index >= 15 is 0 Å². The van der Waals surface area contributed by atoms with Gasteiger partial charge in [0.1, 0.15) is 10.8 Å². The van der Waals surface area contributed by atoms with Crippen LogP contribution in [0.15, 0.2) is 18.3 Å². The van der Waals surface area contributed by atoms with Crippen molar-refractivity contribution in [2.24, 2.45) is 5.73 Å². The predicted molar refractivity (Wildman–Crippen MR) is 74.1 cm³/mol. The monoisotopic (exact) mass is 279 g/mol. The van der Waals surface area contributed by atoms with Gasteiger partial charge >= 0.3 is 0 Å². The van der Waals surface area contributed by atoms with Crippen LogP contribution in [-0.4, -0.2) is 27.1 Å². The van der Waals surface area contributed by atoms with Crippen molar-refractivity contribution in [2.75, 3.05) is 5.32 Å². The molecular weight excluding hydrogens is 266 g/mol. The average Bonchev–Trinajstić information content (AvgIpc) is 2.77. The van der Waals surface area contributed by atoms with Crippen molar-refractivity contribution in [1.82, 2.24) is 15.2 Å². The van der Waals surface area contributed by atoms with Gasteiger partial charge in [-0.15, -0.1) is 0 Å². The van der Waals surface area contributed by atoms with E-state index in [1.54, 1.807) is 18.3 Å². The molecule has 0 aliphatic heterocycles. The number of nitrogens with zero attached hydrogens (tertiary/aromatic N) is 2. The number of nitrogens with one attached hydrogen (secondary N) is 2. The molecule has 0 saturated carbocycles. The van der Waals surface area contributed by atoms with E-state index < -0.39 is 5.91 Å². The van der Waals surface area contributed by atoms with E-state index in [0.717, 1.165) is 11.3 Å². The molecule has 1 amide bonds. The number of carbonyl (C=O) groups excluding carboxylic acids is 1. The number of rotatable bonds is 4. The highest BCUT2D eigenvalue weighted by molar-refractivity contribution is 6.29. The van der Waals surface area contributed by atoms with Gasteiger partial charge in [0.2, 0.25) is 0 Å². The van der Waals surface area contributed by atoms with E-state index in [1.807, 2.05) is 13.8 Å². The molecule has 0 saturated heterocycles. The van der Waals surface area contributed by atoms with Crippen LogP contribution in [-0.2, 0) is 0 Å². The van der Waals surface area contributed by atoms with Crippen LogP contribution in [0.25, 0.3) is 11.3 Å². The molecule has 0 bridgehead atoms. The van der Waals surface area contributed by atoms with E-state index in [9.17, 15) is 4.79 Å². The van der Waals surface area contributed by atoms with E-state index in [1.165, 1.54) is 0 Å². The highest BCUT2D eigenvalue weighted by Gasteiger charge is 2.13. The minimum atomic E-state index is -0.556. The van der Waals surface area contributed by atoms with Gasteiger partial charge in [0.25, 0.3) is 5.91 Å². The second kappa shape index (κ2) is 5.27. The zero-order chi connectivity index (χ0) is 14.0. The zero-order valence-electron chi connectivity index (χ0n) is 10.6. The lowest BCUT2D eigenvalue weighted by atomic mass is 10.1. The third-order valence-corrected chi connectivity index (χ3v) is 2.64. The fraction of sp³-hybridized carbons (Fsp3) is 0.250. The maximum Gasteiger partial charge on any atom is 0.266 e. The van der Waals surface area contributed by atoms with Crippen molar-refractivity contribution >= 4 is 23.2 Å². The van der Waals surface area contributed by atoms with Gasteiger partial charge < -0.3 is 11.1 Å². The topological polar surface area (TPSA) is 96.7 Å². The summed E-state index contributed by atoms with van der Waals surface area (Å²) in [5, 5.41) is 10.3. The Hall–Kier alpha value is -2.08. The first-order valence-corrected chi connectivity index (χ1v) is 6.13. The van der Waals surface area contributed by atoms with E-state index in [0.29, 0.717) is 10.8 Å². The quantitative estimate of drug-likeness (QED) is 0.746. The number of anilines is 1. The SMILES string of the molecule is CC(C)Nc1cc(Cl)ncc1-c1cc(C(N)=O)[nH]n1. The Balaban J connectivity index is 2.45. The number of H-pyrrole nitrogens is 1. The first kappa shape index (κ1) is 13.4. The summed E-state index contributed by atoms with van der Waals surface area (Å²) in [6.45, 7) is 4.02. The van der Waals surface area contributed by atoms with Gasteiger partial charge in [0.05, 0.1) is 5.69 Å². The molecule has 2 aromatic heterocycles. The molecule has 0 aliphatic rings. The van der Waals surface area contributed by atoms with Crippen LogP contribution in [0.4, 0.5) is 5.69 Å². The van der Waals surface area contributed by atoms with Crippen LogP contribution in [0.5, 0.6) is 0 Å². The number of hydrogen-bond acceptors (Lipinski definition) is 4. The molecule has 0 spiro atoms. The molecule has 7 heteroatoms. The summed E-state index contributed by atoms with van der Waals surface area (Å²) in [5.41, 5.74) is 7.58. The Morgan fingerprint density at radius 2 is 2.21 bits per heavy atom. The molecule has 2 heterocycles. The summed E-state index contributed by atoms with van der Waals surface area (Å²) in [6.07, 6.45) is 1.61. The first-order valence-electron chi connectivity index (χ1n) is 5.75. The smallest absolute Gasteiger partial charge is 0.266 e. The molecule has 100 valence electrons. The summed E-state index contributed by atoms with van der Waals surface area (Å²) >= 11 is 5.89. The van der Waals surface area contributed by atoms with Gasteiger partial charge in [-0.2, -0.15) is 5.10 Å². The van der Waals surface area contributed by atoms with Gasteiger partial charge in [0, 0.05) is 23.5 Å². The minimum absolute atomic E-state index is 0.228. The van der Waals surface area contributed by atoms with Crippen LogP contribution in [0, 0.1) is 0 Å². The van der Waals surface area contributed by atoms with E-state index in [-0.39, 0.29) is 11.7 Å². The lowest BCUT2D eigenvalue weighted by molar-refractivity contribution is 0.0995. The van der Waals surface area contributed by atoms with Crippen LogP contribution in [0.1, 0.15) is 24.3 Å². The maximum atomic E-state index is 11.1. The average molecular weight is 280 g/mol. The molecular formula is C12H14ClN5O. The number of aromatic amines is 1. The molecule has 0 aromatic carbocycles. The fourth-order valence-corrected chi connectivity index (χ4v) is 1.81. The second-order valence-corrected chi connectivity index (χ2v) is 4.77. The molecule has 0 atom stereocenters. The van der Waals surface area contributed by atoms with Crippen molar-refractivity contribution in [2.45, 2.75) is 19.9 Å². The molecule has 19 heavy (non-hydrogen) atoms. The molecule has 6 nitrogen and oxygen atoms in total. The van der Waals surface area contributed by atoms with Crippen molar-refractivity contribution in [3.05, 3.63) is 29.2 Å². The molecule has 0 radical (unpaired) electrons. The molecule has 0 unspecified atom stereocenters. The highest BCUT2D eigenvalue weighted by atomic mass is 35.5.